The van der Waals surface area contributed by atoms with Crippen LogP contribution in [0.5, 0.6) is 0 Å². The molecule has 2 atom stereocenters. The number of carboxylic acids is 1. The van der Waals surface area contributed by atoms with Crippen molar-refractivity contribution < 1.29 is 9.90 Å². The van der Waals surface area contributed by atoms with E-state index >= 15 is 0 Å². The van der Waals surface area contributed by atoms with Crippen LogP contribution < -0.4 is 0 Å². The second kappa shape index (κ2) is 5.34. The molecule has 86 valence electrons. The molecule has 0 aliphatic heterocycles. The summed E-state index contributed by atoms with van der Waals surface area (Å²) in [6, 6.07) is 0. The van der Waals surface area contributed by atoms with Crippen LogP contribution in [0.3, 0.4) is 0 Å². The summed E-state index contributed by atoms with van der Waals surface area (Å²) in [5.74, 6) is 0.214. The Hall–Kier alpha value is -0.790. The molecule has 0 radical (unpaired) electrons. The van der Waals surface area contributed by atoms with Crippen LogP contribution in [-0.2, 0) is 4.79 Å². The molecule has 0 aromatic rings. The van der Waals surface area contributed by atoms with Gasteiger partial charge in [0, 0.05) is 0 Å². The lowest BCUT2D eigenvalue weighted by Gasteiger charge is -2.25. The smallest absolute Gasteiger partial charge is 0.306 e. The van der Waals surface area contributed by atoms with E-state index in [0.29, 0.717) is 11.8 Å². The van der Waals surface area contributed by atoms with Gasteiger partial charge in [-0.1, -0.05) is 32.4 Å². The zero-order chi connectivity index (χ0) is 11.4. The van der Waals surface area contributed by atoms with Gasteiger partial charge in [0.05, 0.1) is 5.92 Å². The molecule has 2 nitrogen and oxygen atoms in total. The molecule has 0 amide bonds. The van der Waals surface area contributed by atoms with Crippen LogP contribution in [0.25, 0.3) is 0 Å². The summed E-state index contributed by atoms with van der Waals surface area (Å²) in [7, 11) is 0. The normalized spacial score (nSPS) is 23.7. The van der Waals surface area contributed by atoms with E-state index in [2.05, 4.69) is 19.9 Å². The van der Waals surface area contributed by atoms with Crippen molar-refractivity contribution in [3.05, 3.63) is 11.6 Å². The fourth-order valence-electron chi connectivity index (χ4n) is 2.27. The molecule has 0 heterocycles. The quantitative estimate of drug-likeness (QED) is 0.721. The van der Waals surface area contributed by atoms with Crippen molar-refractivity contribution in [3.8, 4) is 0 Å². The van der Waals surface area contributed by atoms with Crippen LogP contribution >= 0.6 is 0 Å². The van der Waals surface area contributed by atoms with Gasteiger partial charge in [0.1, 0.15) is 0 Å². The highest BCUT2D eigenvalue weighted by molar-refractivity contribution is 5.69. The monoisotopic (exact) mass is 210 g/mol. The molecule has 2 heteroatoms. The second-order valence-electron chi connectivity index (χ2n) is 5.12. The van der Waals surface area contributed by atoms with Gasteiger partial charge in [0.15, 0.2) is 0 Å². The van der Waals surface area contributed by atoms with E-state index in [1.54, 1.807) is 0 Å². The molecule has 0 saturated carbocycles. The third kappa shape index (κ3) is 3.69. The second-order valence-corrected chi connectivity index (χ2v) is 5.12. The lowest BCUT2D eigenvalue weighted by molar-refractivity contribution is -0.143. The Morgan fingerprint density at radius 1 is 1.53 bits per heavy atom. The van der Waals surface area contributed by atoms with Gasteiger partial charge in [-0.05, 0) is 37.5 Å². The first-order chi connectivity index (χ1) is 7.00. The lowest BCUT2D eigenvalue weighted by atomic mass is 9.80. The Morgan fingerprint density at radius 3 is 2.60 bits per heavy atom. The van der Waals surface area contributed by atoms with Gasteiger partial charge < -0.3 is 5.11 Å². The van der Waals surface area contributed by atoms with E-state index in [0.717, 1.165) is 19.3 Å². The van der Waals surface area contributed by atoms with E-state index in [-0.39, 0.29) is 5.92 Å². The van der Waals surface area contributed by atoms with E-state index in [9.17, 15) is 4.79 Å². The number of carbonyl (C=O) groups is 1. The van der Waals surface area contributed by atoms with Crippen LogP contribution in [0.1, 0.15) is 46.5 Å². The maximum absolute atomic E-state index is 10.8. The molecular formula is C13H22O2. The largest absolute Gasteiger partial charge is 0.481 e. The zero-order valence-corrected chi connectivity index (χ0v) is 9.99. The van der Waals surface area contributed by atoms with Gasteiger partial charge in [0.2, 0.25) is 0 Å². The molecular weight excluding hydrogens is 188 g/mol. The number of aliphatic carboxylic acids is 1. The number of carboxylic acid groups (broad SMARTS) is 1. The minimum Gasteiger partial charge on any atom is -0.481 e. The Balaban J connectivity index is 2.47. The first-order valence-corrected chi connectivity index (χ1v) is 5.91. The Kier molecular flexibility index (Phi) is 4.37. The van der Waals surface area contributed by atoms with Crippen LogP contribution in [0.15, 0.2) is 11.6 Å². The fraction of sp³-hybridized carbons (Fsp3) is 0.769. The molecule has 1 aliphatic carbocycles. The van der Waals surface area contributed by atoms with Gasteiger partial charge in [-0.2, -0.15) is 0 Å². The predicted molar refractivity (Wildman–Crippen MR) is 61.7 cm³/mol. The number of hydrogen-bond donors (Lipinski definition) is 1. The lowest BCUT2D eigenvalue weighted by Crippen LogP contribution is -2.22. The number of hydrogen-bond acceptors (Lipinski definition) is 1. The van der Waals surface area contributed by atoms with Crippen molar-refractivity contribution in [2.24, 2.45) is 17.8 Å². The maximum Gasteiger partial charge on any atom is 0.306 e. The van der Waals surface area contributed by atoms with Crippen molar-refractivity contribution in [1.29, 1.82) is 0 Å². The first-order valence-electron chi connectivity index (χ1n) is 5.91. The molecule has 0 saturated heterocycles. The maximum atomic E-state index is 10.8. The Morgan fingerprint density at radius 2 is 2.20 bits per heavy atom. The van der Waals surface area contributed by atoms with Gasteiger partial charge in [-0.15, -0.1) is 0 Å². The molecule has 0 fully saturated rings. The van der Waals surface area contributed by atoms with Crippen LogP contribution in [0, 0.1) is 17.8 Å². The summed E-state index contributed by atoms with van der Waals surface area (Å²) < 4.78 is 0. The predicted octanol–water partition coefficient (Wildman–Crippen LogP) is 3.48. The minimum absolute atomic E-state index is 0.193. The summed E-state index contributed by atoms with van der Waals surface area (Å²) in [6.45, 7) is 6.29. The zero-order valence-electron chi connectivity index (χ0n) is 9.99. The fourth-order valence-corrected chi connectivity index (χ4v) is 2.27. The molecule has 0 aromatic heterocycles. The molecule has 2 unspecified atom stereocenters. The molecule has 15 heavy (non-hydrogen) atoms. The number of rotatable bonds is 4. The summed E-state index contributed by atoms with van der Waals surface area (Å²) in [4.78, 5) is 10.8. The number of allylic oxidation sites excluding steroid dienone is 2. The van der Waals surface area contributed by atoms with Crippen LogP contribution in [-0.4, -0.2) is 11.1 Å². The van der Waals surface area contributed by atoms with Crippen molar-refractivity contribution in [2.45, 2.75) is 46.5 Å². The summed E-state index contributed by atoms with van der Waals surface area (Å²) in [5.41, 5.74) is 1.53. The van der Waals surface area contributed by atoms with Crippen molar-refractivity contribution >= 4 is 5.97 Å². The van der Waals surface area contributed by atoms with Crippen LogP contribution in [0.4, 0.5) is 0 Å². The average Bonchev–Trinajstić information content (AvgIpc) is 2.17. The first kappa shape index (κ1) is 12.3. The van der Waals surface area contributed by atoms with Crippen molar-refractivity contribution in [2.75, 3.05) is 0 Å². The van der Waals surface area contributed by atoms with Crippen LogP contribution in [0.2, 0.25) is 0 Å². The van der Waals surface area contributed by atoms with Gasteiger partial charge >= 0.3 is 5.97 Å². The van der Waals surface area contributed by atoms with Crippen molar-refractivity contribution in [3.63, 3.8) is 0 Å². The van der Waals surface area contributed by atoms with Crippen molar-refractivity contribution in [1.82, 2.24) is 0 Å². The SMILES string of the molecule is CC(C)CC1=CCC(C(C)C(=O)O)CC1. The average molecular weight is 210 g/mol. The minimum atomic E-state index is -0.652. The topological polar surface area (TPSA) is 37.3 Å². The third-order valence-corrected chi connectivity index (χ3v) is 3.31. The highest BCUT2D eigenvalue weighted by Gasteiger charge is 2.25. The highest BCUT2D eigenvalue weighted by Crippen LogP contribution is 2.31. The van der Waals surface area contributed by atoms with E-state index in [1.165, 1.54) is 12.0 Å². The summed E-state index contributed by atoms with van der Waals surface area (Å²) in [5, 5.41) is 8.92. The standard InChI is InChI=1S/C13H22O2/c1-9(2)8-11-4-6-12(7-5-11)10(3)13(14)15/h4,9-10,12H,5-8H2,1-3H3,(H,14,15). The molecule has 0 spiro atoms. The Bertz CT molecular complexity index is 253. The van der Waals surface area contributed by atoms with Gasteiger partial charge in [-0.25, -0.2) is 0 Å². The van der Waals surface area contributed by atoms with Gasteiger partial charge in [-0.3, -0.25) is 4.79 Å². The van der Waals surface area contributed by atoms with E-state index < -0.39 is 5.97 Å². The summed E-state index contributed by atoms with van der Waals surface area (Å²) in [6.07, 6.45) is 6.55. The molecule has 1 aliphatic rings. The third-order valence-electron chi connectivity index (χ3n) is 3.31. The van der Waals surface area contributed by atoms with E-state index in [1.807, 2.05) is 6.92 Å². The Labute approximate surface area is 92.4 Å². The van der Waals surface area contributed by atoms with Gasteiger partial charge in [0.25, 0.3) is 0 Å². The van der Waals surface area contributed by atoms with E-state index in [4.69, 9.17) is 5.11 Å². The molecule has 1 N–H and O–H groups in total. The molecule has 0 aromatic carbocycles. The highest BCUT2D eigenvalue weighted by atomic mass is 16.4. The molecule has 1 rings (SSSR count). The summed E-state index contributed by atoms with van der Waals surface area (Å²) >= 11 is 0. The molecule has 0 bridgehead atoms.